The number of aromatic nitrogens is 3. The minimum atomic E-state index is -0.153. The van der Waals surface area contributed by atoms with Crippen molar-refractivity contribution in [1.82, 2.24) is 20.3 Å². The second-order valence-electron chi connectivity index (χ2n) is 7.77. The summed E-state index contributed by atoms with van der Waals surface area (Å²) in [7, 11) is 0. The highest BCUT2D eigenvalue weighted by molar-refractivity contribution is 5.93. The molecule has 2 saturated carbocycles. The van der Waals surface area contributed by atoms with Gasteiger partial charge in [-0.1, -0.05) is 43.2 Å². The van der Waals surface area contributed by atoms with Crippen LogP contribution in [0.4, 0.5) is 0 Å². The van der Waals surface area contributed by atoms with E-state index >= 15 is 0 Å². The van der Waals surface area contributed by atoms with E-state index in [1.54, 1.807) is 0 Å². The first-order valence-electron chi connectivity index (χ1n) is 10.1. The SMILES string of the molecule is CC1CCCCC1OCCNC(=O)c1nnn(-c2ccccc2)c1C1CC1. The number of carbonyl (C=O) groups excluding carboxylic acids is 1. The molecule has 0 bridgehead atoms. The second kappa shape index (κ2) is 8.21. The number of carbonyl (C=O) groups is 1. The summed E-state index contributed by atoms with van der Waals surface area (Å²) in [5, 5.41) is 11.4. The first kappa shape index (κ1) is 18.2. The van der Waals surface area contributed by atoms with Crippen LogP contribution in [0.1, 0.15) is 67.5 Å². The molecule has 2 fully saturated rings. The second-order valence-corrected chi connectivity index (χ2v) is 7.77. The van der Waals surface area contributed by atoms with Crippen molar-refractivity contribution in [2.45, 2.75) is 57.5 Å². The Morgan fingerprint density at radius 1 is 1.19 bits per heavy atom. The standard InChI is InChI=1S/C21H28N4O2/c1-15-7-5-6-10-18(15)27-14-13-22-21(26)19-20(16-11-12-16)25(24-23-19)17-8-3-2-4-9-17/h2-4,8-9,15-16,18H,5-7,10-14H2,1H3,(H,22,26). The van der Waals surface area contributed by atoms with Crippen molar-refractivity contribution in [2.75, 3.05) is 13.2 Å². The van der Waals surface area contributed by atoms with Crippen LogP contribution in [-0.2, 0) is 4.74 Å². The fourth-order valence-corrected chi connectivity index (χ4v) is 3.92. The van der Waals surface area contributed by atoms with Crippen LogP contribution in [0, 0.1) is 5.92 Å². The molecule has 27 heavy (non-hydrogen) atoms. The molecule has 144 valence electrons. The number of para-hydroxylation sites is 1. The van der Waals surface area contributed by atoms with Gasteiger partial charge in [-0.3, -0.25) is 4.79 Å². The summed E-state index contributed by atoms with van der Waals surface area (Å²) in [5.41, 5.74) is 2.33. The topological polar surface area (TPSA) is 69.0 Å². The fraction of sp³-hybridized carbons (Fsp3) is 0.571. The Balaban J connectivity index is 1.37. The summed E-state index contributed by atoms with van der Waals surface area (Å²) in [6, 6.07) is 9.88. The van der Waals surface area contributed by atoms with Gasteiger partial charge in [0, 0.05) is 12.5 Å². The van der Waals surface area contributed by atoms with Gasteiger partial charge >= 0.3 is 0 Å². The summed E-state index contributed by atoms with van der Waals surface area (Å²) >= 11 is 0. The van der Waals surface area contributed by atoms with Crippen LogP contribution >= 0.6 is 0 Å². The van der Waals surface area contributed by atoms with E-state index < -0.39 is 0 Å². The van der Waals surface area contributed by atoms with Crippen LogP contribution in [0.3, 0.4) is 0 Å². The Morgan fingerprint density at radius 2 is 1.96 bits per heavy atom. The molecule has 1 aromatic carbocycles. The van der Waals surface area contributed by atoms with Crippen LogP contribution in [0.5, 0.6) is 0 Å². The molecular weight excluding hydrogens is 340 g/mol. The third-order valence-corrected chi connectivity index (χ3v) is 5.64. The monoisotopic (exact) mass is 368 g/mol. The average molecular weight is 368 g/mol. The molecule has 1 amide bonds. The minimum Gasteiger partial charge on any atom is -0.376 e. The Morgan fingerprint density at radius 3 is 2.70 bits per heavy atom. The normalized spacial score (nSPS) is 22.6. The molecule has 6 nitrogen and oxygen atoms in total. The molecule has 6 heteroatoms. The maximum Gasteiger partial charge on any atom is 0.273 e. The number of hydrogen-bond acceptors (Lipinski definition) is 4. The van der Waals surface area contributed by atoms with Crippen molar-refractivity contribution in [2.24, 2.45) is 5.92 Å². The predicted octanol–water partition coefficient (Wildman–Crippen LogP) is 3.47. The van der Waals surface area contributed by atoms with E-state index in [9.17, 15) is 4.79 Å². The smallest absolute Gasteiger partial charge is 0.273 e. The average Bonchev–Trinajstić information content (AvgIpc) is 3.44. The van der Waals surface area contributed by atoms with Crippen molar-refractivity contribution >= 4 is 5.91 Å². The van der Waals surface area contributed by atoms with Gasteiger partial charge in [0.1, 0.15) is 0 Å². The molecule has 2 aromatic rings. The number of benzene rings is 1. The molecule has 0 radical (unpaired) electrons. The van der Waals surface area contributed by atoms with Crippen LogP contribution in [0.15, 0.2) is 30.3 Å². The molecule has 0 spiro atoms. The minimum absolute atomic E-state index is 0.153. The highest BCUT2D eigenvalue weighted by Gasteiger charge is 2.34. The first-order valence-corrected chi connectivity index (χ1v) is 10.1. The van der Waals surface area contributed by atoms with Gasteiger partial charge in [0.2, 0.25) is 0 Å². The van der Waals surface area contributed by atoms with E-state index in [4.69, 9.17) is 4.74 Å². The van der Waals surface area contributed by atoms with Crippen LogP contribution in [-0.4, -0.2) is 40.2 Å². The van der Waals surface area contributed by atoms with Crippen molar-refractivity contribution in [3.05, 3.63) is 41.7 Å². The van der Waals surface area contributed by atoms with Crippen LogP contribution in [0.25, 0.3) is 5.69 Å². The molecule has 2 unspecified atom stereocenters. The van der Waals surface area contributed by atoms with Crippen molar-refractivity contribution in [1.29, 1.82) is 0 Å². The Kier molecular flexibility index (Phi) is 5.53. The van der Waals surface area contributed by atoms with Gasteiger partial charge in [-0.25, -0.2) is 4.68 Å². The maximum atomic E-state index is 12.7. The quantitative estimate of drug-likeness (QED) is 0.760. The van der Waals surface area contributed by atoms with E-state index in [-0.39, 0.29) is 5.91 Å². The molecule has 2 aliphatic carbocycles. The maximum absolute atomic E-state index is 12.7. The van der Waals surface area contributed by atoms with Gasteiger partial charge in [0.25, 0.3) is 5.91 Å². The largest absolute Gasteiger partial charge is 0.376 e. The molecule has 4 rings (SSSR count). The first-order chi connectivity index (χ1) is 13.2. The Labute approximate surface area is 160 Å². The number of nitrogens with zero attached hydrogens (tertiary/aromatic N) is 3. The third-order valence-electron chi connectivity index (χ3n) is 5.64. The predicted molar refractivity (Wildman–Crippen MR) is 103 cm³/mol. The van der Waals surface area contributed by atoms with Crippen LogP contribution < -0.4 is 5.32 Å². The lowest BCUT2D eigenvalue weighted by molar-refractivity contribution is -0.00295. The van der Waals surface area contributed by atoms with E-state index in [2.05, 4.69) is 22.6 Å². The Bertz CT molecular complexity index is 770. The lowest BCUT2D eigenvalue weighted by atomic mass is 9.88. The molecular formula is C21H28N4O2. The Hall–Kier alpha value is -2.21. The van der Waals surface area contributed by atoms with E-state index in [0.29, 0.717) is 36.8 Å². The zero-order chi connectivity index (χ0) is 18.6. The van der Waals surface area contributed by atoms with Crippen LogP contribution in [0.2, 0.25) is 0 Å². The molecule has 2 atom stereocenters. The highest BCUT2D eigenvalue weighted by atomic mass is 16.5. The van der Waals surface area contributed by atoms with Gasteiger partial charge in [-0.05, 0) is 43.7 Å². The molecule has 1 N–H and O–H groups in total. The van der Waals surface area contributed by atoms with Crippen molar-refractivity contribution in [3.63, 3.8) is 0 Å². The summed E-state index contributed by atoms with van der Waals surface area (Å²) in [6.07, 6.45) is 7.42. The molecule has 2 aliphatic rings. The van der Waals surface area contributed by atoms with Gasteiger partial charge in [-0.15, -0.1) is 5.10 Å². The van der Waals surface area contributed by atoms with E-state index in [1.165, 1.54) is 19.3 Å². The summed E-state index contributed by atoms with van der Waals surface area (Å²) in [4.78, 5) is 12.7. The van der Waals surface area contributed by atoms with Crippen molar-refractivity contribution in [3.8, 4) is 5.69 Å². The zero-order valence-electron chi connectivity index (χ0n) is 15.9. The molecule has 0 saturated heterocycles. The number of ether oxygens (including phenoxy) is 1. The van der Waals surface area contributed by atoms with E-state index in [0.717, 1.165) is 30.6 Å². The van der Waals surface area contributed by atoms with Gasteiger partial charge < -0.3 is 10.1 Å². The summed E-state index contributed by atoms with van der Waals surface area (Å²) in [6.45, 7) is 3.31. The fourth-order valence-electron chi connectivity index (χ4n) is 3.92. The summed E-state index contributed by atoms with van der Waals surface area (Å²) in [5.74, 6) is 0.835. The third kappa shape index (κ3) is 4.21. The van der Waals surface area contributed by atoms with Gasteiger partial charge in [0.15, 0.2) is 5.69 Å². The number of nitrogens with one attached hydrogen (secondary N) is 1. The molecule has 1 aromatic heterocycles. The number of hydrogen-bond donors (Lipinski definition) is 1. The molecule has 1 heterocycles. The number of rotatable bonds is 7. The lowest BCUT2D eigenvalue weighted by Crippen LogP contribution is -2.32. The van der Waals surface area contributed by atoms with Crippen molar-refractivity contribution < 1.29 is 9.53 Å². The zero-order valence-corrected chi connectivity index (χ0v) is 15.9. The van der Waals surface area contributed by atoms with Gasteiger partial charge in [0.05, 0.1) is 24.1 Å². The highest BCUT2D eigenvalue weighted by Crippen LogP contribution is 2.41. The van der Waals surface area contributed by atoms with E-state index in [1.807, 2.05) is 35.0 Å². The molecule has 0 aliphatic heterocycles. The lowest BCUT2D eigenvalue weighted by Gasteiger charge is -2.28. The number of amides is 1. The van der Waals surface area contributed by atoms with Gasteiger partial charge in [-0.2, -0.15) is 0 Å². The summed E-state index contributed by atoms with van der Waals surface area (Å²) < 4.78 is 7.80.